The van der Waals surface area contributed by atoms with Gasteiger partial charge < -0.3 is 30.3 Å². The van der Waals surface area contributed by atoms with Crippen LogP contribution in [0.5, 0.6) is 0 Å². The molecule has 11 nitrogen and oxygen atoms in total. The number of nitrogens with two attached hydrogens (primary N) is 1. The number of ether oxygens (including phenoxy) is 2. The van der Waals surface area contributed by atoms with E-state index in [2.05, 4.69) is 17.2 Å². The molecular weight excluding hydrogens is 552 g/mol. The molecule has 43 heavy (non-hydrogen) atoms. The van der Waals surface area contributed by atoms with Crippen LogP contribution in [0.4, 0.5) is 5.69 Å². The van der Waals surface area contributed by atoms with Crippen molar-refractivity contribution in [2.24, 2.45) is 5.73 Å². The Morgan fingerprint density at radius 2 is 1.77 bits per heavy atom. The van der Waals surface area contributed by atoms with E-state index in [0.29, 0.717) is 16.8 Å². The molecule has 2 aromatic carbocycles. The van der Waals surface area contributed by atoms with Crippen LogP contribution in [0.2, 0.25) is 0 Å². The SMILES string of the molecule is CCOC(=O)CC(C)N1C(=O)c2cc(C#CC(=O)NCC(N)C(=O)OC(C)(C)C)ccc2N(C)C(=O)C1c1ccccc1. The van der Waals surface area contributed by atoms with Gasteiger partial charge in [-0.15, -0.1) is 0 Å². The Kier molecular flexibility index (Phi) is 10.7. The van der Waals surface area contributed by atoms with E-state index in [9.17, 15) is 24.0 Å². The van der Waals surface area contributed by atoms with E-state index in [0.717, 1.165) is 0 Å². The van der Waals surface area contributed by atoms with E-state index >= 15 is 0 Å². The summed E-state index contributed by atoms with van der Waals surface area (Å²) in [5.41, 5.74) is 6.58. The van der Waals surface area contributed by atoms with Gasteiger partial charge in [-0.3, -0.25) is 24.0 Å². The van der Waals surface area contributed by atoms with Crippen LogP contribution in [-0.2, 0) is 28.7 Å². The Morgan fingerprint density at radius 3 is 2.40 bits per heavy atom. The highest BCUT2D eigenvalue weighted by atomic mass is 16.6. The minimum absolute atomic E-state index is 0.111. The van der Waals surface area contributed by atoms with Gasteiger partial charge in [0.2, 0.25) is 0 Å². The zero-order valence-electron chi connectivity index (χ0n) is 25.3. The number of amides is 3. The lowest BCUT2D eigenvalue weighted by molar-refractivity contribution is -0.156. The van der Waals surface area contributed by atoms with Crippen molar-refractivity contribution in [3.05, 3.63) is 65.2 Å². The average molecular weight is 591 g/mol. The third kappa shape index (κ3) is 8.42. The number of carbonyl (C=O) groups is 5. The molecule has 0 bridgehead atoms. The summed E-state index contributed by atoms with van der Waals surface area (Å²) in [6, 6.07) is 10.8. The number of hydrogen-bond donors (Lipinski definition) is 2. The molecule has 3 N–H and O–H groups in total. The van der Waals surface area contributed by atoms with Crippen LogP contribution >= 0.6 is 0 Å². The number of benzene rings is 2. The van der Waals surface area contributed by atoms with Gasteiger partial charge in [-0.05, 0) is 58.4 Å². The zero-order valence-corrected chi connectivity index (χ0v) is 25.3. The minimum atomic E-state index is -1.07. The van der Waals surface area contributed by atoms with Crippen LogP contribution in [0.25, 0.3) is 0 Å². The van der Waals surface area contributed by atoms with E-state index in [1.165, 1.54) is 15.9 Å². The Morgan fingerprint density at radius 1 is 1.09 bits per heavy atom. The van der Waals surface area contributed by atoms with Gasteiger partial charge in [-0.2, -0.15) is 0 Å². The van der Waals surface area contributed by atoms with Crippen molar-refractivity contribution in [2.75, 3.05) is 25.1 Å². The molecule has 0 saturated carbocycles. The molecule has 3 atom stereocenters. The molecule has 1 aliphatic rings. The van der Waals surface area contributed by atoms with Crippen molar-refractivity contribution in [2.45, 2.75) is 64.8 Å². The summed E-state index contributed by atoms with van der Waals surface area (Å²) in [5, 5.41) is 2.48. The Balaban J connectivity index is 1.91. The van der Waals surface area contributed by atoms with E-state index in [-0.39, 0.29) is 31.0 Å². The van der Waals surface area contributed by atoms with Gasteiger partial charge in [-0.25, -0.2) is 0 Å². The Labute approximate surface area is 251 Å². The van der Waals surface area contributed by atoms with Gasteiger partial charge >= 0.3 is 11.9 Å². The van der Waals surface area contributed by atoms with Crippen molar-refractivity contribution in [3.8, 4) is 11.8 Å². The largest absolute Gasteiger partial charge is 0.466 e. The summed E-state index contributed by atoms with van der Waals surface area (Å²) in [7, 11) is 1.58. The second-order valence-electron chi connectivity index (χ2n) is 11.1. The van der Waals surface area contributed by atoms with Gasteiger partial charge in [-0.1, -0.05) is 36.3 Å². The highest BCUT2D eigenvalue weighted by Crippen LogP contribution is 2.36. The van der Waals surface area contributed by atoms with Crippen LogP contribution in [0.3, 0.4) is 0 Å². The van der Waals surface area contributed by atoms with E-state index in [1.54, 1.807) is 78.1 Å². The molecule has 3 unspecified atom stereocenters. The molecular formula is C32H38N4O7. The molecule has 1 heterocycles. The maximum absolute atomic E-state index is 14.1. The normalized spacial score (nSPS) is 16.2. The predicted octanol–water partition coefficient (Wildman–Crippen LogP) is 2.32. The summed E-state index contributed by atoms with van der Waals surface area (Å²) in [6.45, 7) is 8.54. The minimum Gasteiger partial charge on any atom is -0.466 e. The number of hydrogen-bond acceptors (Lipinski definition) is 8. The number of nitrogens with zero attached hydrogens (tertiary/aromatic N) is 2. The number of carbonyl (C=O) groups excluding carboxylic acids is 5. The van der Waals surface area contributed by atoms with Crippen LogP contribution < -0.4 is 16.0 Å². The molecule has 1 aliphatic heterocycles. The van der Waals surface area contributed by atoms with Crippen LogP contribution in [-0.4, -0.2) is 72.4 Å². The molecule has 228 valence electrons. The molecule has 0 aromatic heterocycles. The predicted molar refractivity (Wildman–Crippen MR) is 160 cm³/mol. The quantitative estimate of drug-likeness (QED) is 0.352. The molecule has 0 fully saturated rings. The molecule has 3 amide bonds. The average Bonchev–Trinajstić information content (AvgIpc) is 3.03. The van der Waals surface area contributed by atoms with Crippen molar-refractivity contribution < 1.29 is 33.4 Å². The lowest BCUT2D eigenvalue weighted by atomic mass is 10.0. The number of esters is 2. The Bertz CT molecular complexity index is 1440. The third-order valence-electron chi connectivity index (χ3n) is 6.54. The lowest BCUT2D eigenvalue weighted by Crippen LogP contribution is -2.46. The first-order valence-electron chi connectivity index (χ1n) is 14.0. The number of likely N-dealkylation sites (N-methyl/N-ethyl adjacent to an activating group) is 1. The van der Waals surface area contributed by atoms with Gasteiger partial charge in [0.15, 0.2) is 0 Å². The number of fused-ring (bicyclic) bond motifs is 1. The molecule has 11 heteroatoms. The van der Waals surface area contributed by atoms with Crippen molar-refractivity contribution in [3.63, 3.8) is 0 Å². The first kappa shape index (κ1) is 32.8. The van der Waals surface area contributed by atoms with Crippen molar-refractivity contribution >= 4 is 35.3 Å². The van der Waals surface area contributed by atoms with Gasteiger partial charge in [0.05, 0.1) is 24.3 Å². The number of rotatable bonds is 8. The topological polar surface area (TPSA) is 148 Å². The van der Waals surface area contributed by atoms with Gasteiger partial charge in [0, 0.05) is 31.1 Å². The summed E-state index contributed by atoms with van der Waals surface area (Å²) in [6.07, 6.45) is -0.111. The highest BCUT2D eigenvalue weighted by Gasteiger charge is 2.42. The van der Waals surface area contributed by atoms with Crippen molar-refractivity contribution in [1.29, 1.82) is 0 Å². The molecule has 0 saturated heterocycles. The third-order valence-corrected chi connectivity index (χ3v) is 6.54. The smallest absolute Gasteiger partial charge is 0.325 e. The van der Waals surface area contributed by atoms with E-state index in [4.69, 9.17) is 15.2 Å². The van der Waals surface area contributed by atoms with E-state index in [1.807, 2.05) is 6.07 Å². The number of nitrogens with one attached hydrogen (secondary N) is 1. The van der Waals surface area contributed by atoms with E-state index < -0.39 is 47.5 Å². The zero-order chi connectivity index (χ0) is 31.9. The maximum Gasteiger partial charge on any atom is 0.325 e. The van der Waals surface area contributed by atoms with Crippen molar-refractivity contribution in [1.82, 2.24) is 10.2 Å². The fraction of sp³-hybridized carbons (Fsp3) is 0.406. The molecule has 0 radical (unpaired) electrons. The van der Waals surface area contributed by atoms with Crippen LogP contribution in [0.1, 0.15) is 68.6 Å². The second kappa shape index (κ2) is 14.0. The molecule has 0 spiro atoms. The van der Waals surface area contributed by atoms with Crippen LogP contribution in [0.15, 0.2) is 48.5 Å². The van der Waals surface area contributed by atoms with Gasteiger partial charge in [0.1, 0.15) is 17.7 Å². The molecule has 0 aliphatic carbocycles. The summed E-state index contributed by atoms with van der Waals surface area (Å²) < 4.78 is 10.3. The number of anilines is 1. The standard InChI is InChI=1S/C32H38N4O7/c1-7-42-27(38)17-20(2)36-28(22-11-9-8-10-12-22)30(40)35(6)25-15-13-21(18-23(25)29(36)39)14-16-26(37)34-19-24(33)31(41)43-32(3,4)5/h8-13,15,18,20,24,28H,7,17,19,33H2,1-6H3,(H,34,37). The lowest BCUT2D eigenvalue weighted by Gasteiger charge is -2.34. The molecule has 3 rings (SSSR count). The summed E-state index contributed by atoms with van der Waals surface area (Å²) in [5.74, 6) is 2.50. The Hall–Kier alpha value is -4.69. The fourth-order valence-electron chi connectivity index (χ4n) is 4.54. The second-order valence-corrected chi connectivity index (χ2v) is 11.1. The maximum atomic E-state index is 14.1. The fourth-order valence-corrected chi connectivity index (χ4v) is 4.54. The van der Waals surface area contributed by atoms with Crippen LogP contribution in [0, 0.1) is 11.8 Å². The first-order chi connectivity index (χ1) is 20.2. The summed E-state index contributed by atoms with van der Waals surface area (Å²) >= 11 is 0. The first-order valence-corrected chi connectivity index (χ1v) is 14.0. The monoisotopic (exact) mass is 590 g/mol. The molecule has 2 aromatic rings. The van der Waals surface area contributed by atoms with Gasteiger partial charge in [0.25, 0.3) is 17.7 Å². The highest BCUT2D eigenvalue weighted by molar-refractivity contribution is 6.11. The summed E-state index contributed by atoms with van der Waals surface area (Å²) in [4.78, 5) is 67.6.